The molecule has 5 aromatic rings. The Labute approximate surface area is 329 Å². The number of nitrogen functional groups attached to an aromatic ring is 1. The summed E-state index contributed by atoms with van der Waals surface area (Å²) in [6.45, 7) is 26.8. The van der Waals surface area contributed by atoms with Crippen molar-refractivity contribution >= 4 is 11.8 Å². The highest BCUT2D eigenvalue weighted by Gasteiger charge is 2.19. The summed E-state index contributed by atoms with van der Waals surface area (Å²) in [5.41, 5.74) is 23.1. The fourth-order valence-corrected chi connectivity index (χ4v) is 5.83. The van der Waals surface area contributed by atoms with Crippen molar-refractivity contribution < 1.29 is 0 Å². The summed E-state index contributed by atoms with van der Waals surface area (Å²) in [7, 11) is 0. The number of benzene rings is 5. The summed E-state index contributed by atoms with van der Waals surface area (Å²) < 4.78 is 0. The zero-order valence-electron chi connectivity index (χ0n) is 34.7. The van der Waals surface area contributed by atoms with Gasteiger partial charge in [0.2, 0.25) is 0 Å². The van der Waals surface area contributed by atoms with E-state index in [9.17, 15) is 0 Å². The number of fused-ring (bicyclic) bond motifs is 3. The third-order valence-electron chi connectivity index (χ3n) is 9.40. The standard InChI is InChI=1S/C21H19N.C10H14.C9H12.C9H10.C4H10/c1-14-2-6-17-13-18-7-3-16(12-21(18)20(17)10-14)11-15-4-8-19(22)9-5-15;1-4-10(3)7-5-9(2)6-8-10;2*1-3-9-6-4-8(2)5-7-9;1-4(2)3/h2-10,12H,11,13,22H2,1H3;4-7H,1,8H2,2-3H3;4-7H,3H2,1-2H3;3-7H,1H2,2H3;4H,1-3H3. The molecule has 0 aromatic heterocycles. The third-order valence-corrected chi connectivity index (χ3v) is 9.40. The first kappa shape index (κ1) is 43.3. The third kappa shape index (κ3) is 14.7. The summed E-state index contributed by atoms with van der Waals surface area (Å²) in [5, 5.41) is 0. The summed E-state index contributed by atoms with van der Waals surface area (Å²) in [5.74, 6) is 0.833. The van der Waals surface area contributed by atoms with Gasteiger partial charge in [-0.15, -0.1) is 6.58 Å². The van der Waals surface area contributed by atoms with Crippen molar-refractivity contribution in [2.75, 3.05) is 5.73 Å². The van der Waals surface area contributed by atoms with Crippen LogP contribution in [0.5, 0.6) is 0 Å². The fraction of sp³-hybridized carbons (Fsp3) is 0.283. The van der Waals surface area contributed by atoms with Gasteiger partial charge in [-0.2, -0.15) is 0 Å². The normalized spacial score (nSPS) is 14.5. The Kier molecular flexibility index (Phi) is 17.3. The summed E-state index contributed by atoms with van der Waals surface area (Å²) in [4.78, 5) is 0. The van der Waals surface area contributed by atoms with Crippen LogP contribution >= 0.6 is 0 Å². The summed E-state index contributed by atoms with van der Waals surface area (Å²) in [6.07, 6.45) is 14.7. The lowest BCUT2D eigenvalue weighted by Crippen LogP contribution is -2.09. The largest absolute Gasteiger partial charge is 0.399 e. The molecule has 7 rings (SSSR count). The fourth-order valence-electron chi connectivity index (χ4n) is 5.83. The molecule has 2 N–H and O–H groups in total. The van der Waals surface area contributed by atoms with Crippen LogP contribution in [0, 0.1) is 32.1 Å². The van der Waals surface area contributed by atoms with E-state index in [1.54, 1.807) is 0 Å². The summed E-state index contributed by atoms with van der Waals surface area (Å²) >= 11 is 0. The molecule has 0 aliphatic heterocycles. The van der Waals surface area contributed by atoms with E-state index in [1.165, 1.54) is 66.8 Å². The molecule has 1 nitrogen and oxygen atoms in total. The monoisotopic (exact) mass is 716 g/mol. The van der Waals surface area contributed by atoms with Gasteiger partial charge in [0.05, 0.1) is 0 Å². The van der Waals surface area contributed by atoms with E-state index >= 15 is 0 Å². The van der Waals surface area contributed by atoms with Gasteiger partial charge in [-0.05, 0) is 116 Å². The Bertz CT molecular complexity index is 1960. The maximum Gasteiger partial charge on any atom is 0.0314 e. The second kappa shape index (κ2) is 21.5. The molecule has 282 valence electrons. The molecular weight excluding hydrogens is 651 g/mol. The lowest BCUT2D eigenvalue weighted by atomic mass is 9.82. The Morgan fingerprint density at radius 2 is 1.17 bits per heavy atom. The van der Waals surface area contributed by atoms with Crippen LogP contribution in [0.2, 0.25) is 0 Å². The molecule has 0 bridgehead atoms. The molecule has 0 saturated heterocycles. The van der Waals surface area contributed by atoms with E-state index in [2.05, 4.69) is 191 Å². The predicted molar refractivity (Wildman–Crippen MR) is 241 cm³/mol. The number of hydrogen-bond acceptors (Lipinski definition) is 1. The van der Waals surface area contributed by atoms with Gasteiger partial charge in [0.25, 0.3) is 0 Å². The molecule has 54 heavy (non-hydrogen) atoms. The van der Waals surface area contributed by atoms with E-state index < -0.39 is 0 Å². The van der Waals surface area contributed by atoms with Crippen LogP contribution in [0.25, 0.3) is 17.2 Å². The number of rotatable bonds is 5. The van der Waals surface area contributed by atoms with Gasteiger partial charge < -0.3 is 5.73 Å². The van der Waals surface area contributed by atoms with Crippen LogP contribution in [0.3, 0.4) is 0 Å². The predicted octanol–water partition coefficient (Wildman–Crippen LogP) is 14.7. The van der Waals surface area contributed by atoms with Crippen molar-refractivity contribution in [3.63, 3.8) is 0 Å². The highest BCUT2D eigenvalue weighted by Crippen LogP contribution is 2.38. The zero-order chi connectivity index (χ0) is 39.7. The average molecular weight is 716 g/mol. The Balaban J connectivity index is 0.000000206. The van der Waals surface area contributed by atoms with Crippen LogP contribution < -0.4 is 5.73 Å². The van der Waals surface area contributed by atoms with E-state index in [-0.39, 0.29) is 5.41 Å². The van der Waals surface area contributed by atoms with E-state index in [0.29, 0.717) is 0 Å². The molecule has 1 unspecified atom stereocenters. The van der Waals surface area contributed by atoms with Gasteiger partial charge in [0.15, 0.2) is 0 Å². The van der Waals surface area contributed by atoms with Gasteiger partial charge in [-0.3, -0.25) is 0 Å². The van der Waals surface area contributed by atoms with Crippen LogP contribution in [0.1, 0.15) is 98.0 Å². The molecule has 0 saturated carbocycles. The maximum atomic E-state index is 5.76. The van der Waals surface area contributed by atoms with Crippen molar-refractivity contribution in [2.45, 2.75) is 88.0 Å². The second-order valence-corrected chi connectivity index (χ2v) is 15.6. The van der Waals surface area contributed by atoms with Gasteiger partial charge in [0, 0.05) is 11.1 Å². The molecule has 0 radical (unpaired) electrons. The van der Waals surface area contributed by atoms with Crippen LogP contribution in [0.15, 0.2) is 152 Å². The first-order valence-corrected chi connectivity index (χ1v) is 19.5. The molecule has 1 heteroatoms. The molecule has 2 aliphatic carbocycles. The number of allylic oxidation sites excluding steroid dienone is 5. The van der Waals surface area contributed by atoms with Crippen LogP contribution in [0.4, 0.5) is 5.69 Å². The van der Waals surface area contributed by atoms with Gasteiger partial charge in [-0.25, -0.2) is 0 Å². The highest BCUT2D eigenvalue weighted by atomic mass is 14.5. The van der Waals surface area contributed by atoms with Crippen LogP contribution in [-0.2, 0) is 19.3 Å². The first-order chi connectivity index (χ1) is 25.7. The first-order valence-electron chi connectivity index (χ1n) is 19.5. The van der Waals surface area contributed by atoms with Crippen molar-refractivity contribution in [3.8, 4) is 11.1 Å². The van der Waals surface area contributed by atoms with Gasteiger partial charge in [0.1, 0.15) is 0 Å². The molecular formula is C53H65N. The second-order valence-electron chi connectivity index (χ2n) is 15.6. The van der Waals surface area contributed by atoms with Gasteiger partial charge >= 0.3 is 0 Å². The lowest BCUT2D eigenvalue weighted by molar-refractivity contribution is 0.555. The Hall–Kier alpha value is -5.14. The minimum absolute atomic E-state index is 0.208. The molecule has 0 spiro atoms. The lowest BCUT2D eigenvalue weighted by Gasteiger charge is -2.22. The molecule has 1 atom stereocenters. The SMILES string of the molecule is C=CC1(C)C=CC(C)=CC1.C=Cc1ccc(C)cc1.CC(C)C.CCc1ccc(C)cc1.Cc1ccc2c(c1)-c1cc(Cc3ccc(N)cc3)ccc1C2. The Morgan fingerprint density at radius 1 is 0.667 bits per heavy atom. The van der Waals surface area contributed by atoms with E-state index in [0.717, 1.165) is 37.3 Å². The molecule has 0 amide bonds. The number of anilines is 1. The molecule has 0 fully saturated rings. The van der Waals surface area contributed by atoms with Crippen molar-refractivity contribution in [2.24, 2.45) is 11.3 Å². The van der Waals surface area contributed by atoms with Crippen molar-refractivity contribution in [1.29, 1.82) is 0 Å². The maximum absolute atomic E-state index is 5.76. The topological polar surface area (TPSA) is 26.0 Å². The smallest absolute Gasteiger partial charge is 0.0314 e. The molecule has 0 heterocycles. The number of nitrogens with two attached hydrogens (primary N) is 1. The van der Waals surface area contributed by atoms with E-state index in [4.69, 9.17) is 5.73 Å². The average Bonchev–Trinajstić information content (AvgIpc) is 3.52. The number of aryl methyl sites for hydroxylation is 4. The molecule has 5 aromatic carbocycles. The Morgan fingerprint density at radius 3 is 1.69 bits per heavy atom. The minimum atomic E-state index is 0.208. The van der Waals surface area contributed by atoms with Crippen molar-refractivity contribution in [3.05, 3.63) is 202 Å². The van der Waals surface area contributed by atoms with Crippen molar-refractivity contribution in [1.82, 2.24) is 0 Å². The summed E-state index contributed by atoms with van der Waals surface area (Å²) in [6, 6.07) is 38.8. The molecule has 2 aliphatic rings. The van der Waals surface area contributed by atoms with Gasteiger partial charge in [-0.1, -0.05) is 191 Å². The van der Waals surface area contributed by atoms with E-state index in [1.807, 2.05) is 24.3 Å². The highest BCUT2D eigenvalue weighted by molar-refractivity contribution is 5.77. The number of hydrogen-bond donors (Lipinski definition) is 1. The zero-order valence-corrected chi connectivity index (χ0v) is 34.7. The quantitative estimate of drug-likeness (QED) is 0.140. The van der Waals surface area contributed by atoms with Crippen LogP contribution in [-0.4, -0.2) is 0 Å². The minimum Gasteiger partial charge on any atom is -0.399 e.